The molecule has 5 nitrogen and oxygen atoms in total. The van der Waals surface area contributed by atoms with Crippen LogP contribution in [0.4, 0.5) is 0 Å². The minimum atomic E-state index is -0.374. The van der Waals surface area contributed by atoms with Crippen molar-refractivity contribution in [2.75, 3.05) is 6.61 Å². The third kappa shape index (κ3) is 1.96. The van der Waals surface area contributed by atoms with E-state index in [1.807, 2.05) is 18.5 Å². The lowest BCUT2D eigenvalue weighted by atomic mass is 10.3. The van der Waals surface area contributed by atoms with Crippen LogP contribution in [0.3, 0.4) is 0 Å². The van der Waals surface area contributed by atoms with Gasteiger partial charge in [0.25, 0.3) is 0 Å². The maximum Gasteiger partial charge on any atom is 0.367 e. The number of hydrogen-bond acceptors (Lipinski definition) is 5. The van der Waals surface area contributed by atoms with Gasteiger partial charge in [-0.25, -0.2) is 9.78 Å². The number of ether oxygens (including phenoxy) is 1. The third-order valence-corrected chi connectivity index (χ3v) is 2.86. The lowest BCUT2D eigenvalue weighted by molar-refractivity contribution is 0.0526. The van der Waals surface area contributed by atoms with Crippen molar-refractivity contribution in [2.24, 2.45) is 7.05 Å². The highest BCUT2D eigenvalue weighted by atomic mass is 32.1. The number of rotatable bonds is 3. The van der Waals surface area contributed by atoms with Crippen LogP contribution in [0.1, 0.15) is 16.7 Å². The van der Waals surface area contributed by atoms with Crippen LogP contribution in [0.5, 0.6) is 0 Å². The van der Waals surface area contributed by atoms with E-state index in [1.54, 1.807) is 17.8 Å². The fraction of sp³-hybridized carbons (Fsp3) is 0.300. The molecular weight excluding hydrogens is 226 g/mol. The Morgan fingerprint density at radius 1 is 1.62 bits per heavy atom. The molecule has 0 saturated heterocycles. The zero-order chi connectivity index (χ0) is 11.5. The molecule has 0 aromatic carbocycles. The van der Waals surface area contributed by atoms with Gasteiger partial charge >= 0.3 is 5.97 Å². The molecule has 0 fully saturated rings. The summed E-state index contributed by atoms with van der Waals surface area (Å²) in [5, 5.41) is 6.24. The van der Waals surface area contributed by atoms with Gasteiger partial charge < -0.3 is 4.74 Å². The Bertz CT molecular complexity index is 504. The third-order valence-electron chi connectivity index (χ3n) is 2.04. The molecule has 0 aliphatic heterocycles. The van der Waals surface area contributed by atoms with Crippen molar-refractivity contribution in [3.8, 4) is 11.4 Å². The average molecular weight is 237 g/mol. The summed E-state index contributed by atoms with van der Waals surface area (Å²) < 4.78 is 6.59. The minimum Gasteiger partial charge on any atom is -0.461 e. The first kappa shape index (κ1) is 10.8. The topological polar surface area (TPSA) is 57.0 Å². The van der Waals surface area contributed by atoms with E-state index >= 15 is 0 Å². The first-order valence-corrected chi connectivity index (χ1v) is 5.71. The van der Waals surface area contributed by atoms with Crippen LogP contribution < -0.4 is 0 Å². The Kier molecular flexibility index (Phi) is 3.00. The Morgan fingerprint density at radius 3 is 3.06 bits per heavy atom. The molecule has 6 heteroatoms. The smallest absolute Gasteiger partial charge is 0.367 e. The molecule has 2 heterocycles. The number of aromatic nitrogens is 3. The van der Waals surface area contributed by atoms with E-state index < -0.39 is 0 Å². The highest BCUT2D eigenvalue weighted by Gasteiger charge is 2.14. The van der Waals surface area contributed by atoms with E-state index in [1.165, 1.54) is 11.3 Å². The number of esters is 1. The number of carbonyl (C=O) groups is 1. The molecule has 0 saturated carbocycles. The Hall–Kier alpha value is -1.69. The van der Waals surface area contributed by atoms with Gasteiger partial charge in [0, 0.05) is 18.6 Å². The average Bonchev–Trinajstić information content (AvgIpc) is 2.86. The zero-order valence-electron chi connectivity index (χ0n) is 9.01. The molecule has 0 N–H and O–H groups in total. The van der Waals surface area contributed by atoms with Crippen molar-refractivity contribution < 1.29 is 9.53 Å². The van der Waals surface area contributed by atoms with Gasteiger partial charge in [-0.1, -0.05) is 0 Å². The van der Waals surface area contributed by atoms with Crippen LogP contribution in [0.2, 0.25) is 0 Å². The van der Waals surface area contributed by atoms with Crippen molar-refractivity contribution in [1.82, 2.24) is 14.8 Å². The minimum absolute atomic E-state index is 0.361. The van der Waals surface area contributed by atoms with Gasteiger partial charge in [-0.15, -0.1) is 11.3 Å². The quantitative estimate of drug-likeness (QED) is 0.763. The number of thiazole rings is 1. The van der Waals surface area contributed by atoms with Crippen LogP contribution in [-0.2, 0) is 11.8 Å². The second kappa shape index (κ2) is 4.44. The van der Waals surface area contributed by atoms with Gasteiger partial charge in [0.15, 0.2) is 0 Å². The molecule has 2 aromatic heterocycles. The Labute approximate surface area is 96.7 Å². The summed E-state index contributed by atoms with van der Waals surface area (Å²) in [5.41, 5.74) is 1.62. The molecule has 0 radical (unpaired) electrons. The van der Waals surface area contributed by atoms with Crippen LogP contribution in [-0.4, -0.2) is 27.3 Å². The van der Waals surface area contributed by atoms with Gasteiger partial charge in [-0.3, -0.25) is 4.68 Å². The molecule has 0 unspecified atom stereocenters. The van der Waals surface area contributed by atoms with Crippen molar-refractivity contribution in [1.29, 1.82) is 0 Å². The first-order valence-electron chi connectivity index (χ1n) is 4.83. The van der Waals surface area contributed by atoms with E-state index in [0.29, 0.717) is 11.6 Å². The SMILES string of the molecule is CCOC(=O)c1nc(-c2ccnn2C)cs1. The summed E-state index contributed by atoms with van der Waals surface area (Å²) in [6, 6.07) is 1.85. The van der Waals surface area contributed by atoms with Crippen LogP contribution in [0.25, 0.3) is 11.4 Å². The first-order chi connectivity index (χ1) is 7.72. The van der Waals surface area contributed by atoms with E-state index in [9.17, 15) is 4.79 Å². The van der Waals surface area contributed by atoms with Gasteiger partial charge in [-0.05, 0) is 13.0 Å². The summed E-state index contributed by atoms with van der Waals surface area (Å²) in [6.07, 6.45) is 1.69. The maximum atomic E-state index is 11.4. The highest BCUT2D eigenvalue weighted by molar-refractivity contribution is 7.11. The fourth-order valence-electron chi connectivity index (χ4n) is 1.30. The summed E-state index contributed by atoms with van der Waals surface area (Å²) in [6.45, 7) is 2.13. The molecule has 2 aromatic rings. The van der Waals surface area contributed by atoms with E-state index in [0.717, 1.165) is 11.4 Å². The normalized spacial score (nSPS) is 10.4. The molecule has 0 aliphatic carbocycles. The zero-order valence-corrected chi connectivity index (χ0v) is 9.82. The van der Waals surface area contributed by atoms with E-state index in [-0.39, 0.29) is 5.97 Å². The summed E-state index contributed by atoms with van der Waals surface area (Å²) in [5.74, 6) is -0.374. The van der Waals surface area contributed by atoms with Crippen molar-refractivity contribution in [3.05, 3.63) is 22.7 Å². The summed E-state index contributed by atoms with van der Waals surface area (Å²) in [7, 11) is 1.83. The number of nitrogens with zero attached hydrogens (tertiary/aromatic N) is 3. The molecule has 0 aliphatic rings. The van der Waals surface area contributed by atoms with Gasteiger partial charge in [-0.2, -0.15) is 5.10 Å². The number of carbonyl (C=O) groups excluding carboxylic acids is 1. The summed E-state index contributed by atoms with van der Waals surface area (Å²) in [4.78, 5) is 15.6. The second-order valence-electron chi connectivity index (χ2n) is 3.10. The lowest BCUT2D eigenvalue weighted by Crippen LogP contribution is -2.04. The van der Waals surface area contributed by atoms with Crippen LogP contribution in [0.15, 0.2) is 17.6 Å². The highest BCUT2D eigenvalue weighted by Crippen LogP contribution is 2.21. The van der Waals surface area contributed by atoms with Crippen molar-refractivity contribution in [3.63, 3.8) is 0 Å². The monoisotopic (exact) mass is 237 g/mol. The van der Waals surface area contributed by atoms with Gasteiger partial charge in [0.05, 0.1) is 12.3 Å². The lowest BCUT2D eigenvalue weighted by Gasteiger charge is -1.97. The van der Waals surface area contributed by atoms with Crippen molar-refractivity contribution >= 4 is 17.3 Å². The molecule has 0 bridgehead atoms. The molecule has 0 atom stereocenters. The molecule has 0 amide bonds. The fourth-order valence-corrected chi connectivity index (χ4v) is 2.01. The Morgan fingerprint density at radius 2 is 2.44 bits per heavy atom. The molecular formula is C10H11N3O2S. The largest absolute Gasteiger partial charge is 0.461 e. The van der Waals surface area contributed by atoms with Gasteiger partial charge in [0.2, 0.25) is 5.01 Å². The molecule has 0 spiro atoms. The summed E-state index contributed by atoms with van der Waals surface area (Å²) >= 11 is 1.28. The van der Waals surface area contributed by atoms with Crippen LogP contribution >= 0.6 is 11.3 Å². The number of aryl methyl sites for hydroxylation is 1. The number of hydrogen-bond donors (Lipinski definition) is 0. The van der Waals surface area contributed by atoms with Gasteiger partial charge in [0.1, 0.15) is 5.69 Å². The second-order valence-corrected chi connectivity index (χ2v) is 3.96. The van der Waals surface area contributed by atoms with Crippen LogP contribution in [0, 0.1) is 0 Å². The standard InChI is InChI=1S/C10H11N3O2S/c1-3-15-10(14)9-12-7(6-16-9)8-4-5-11-13(8)2/h4-6H,3H2,1-2H3. The maximum absolute atomic E-state index is 11.4. The van der Waals surface area contributed by atoms with E-state index in [2.05, 4.69) is 10.1 Å². The van der Waals surface area contributed by atoms with E-state index in [4.69, 9.17) is 4.74 Å². The predicted molar refractivity (Wildman–Crippen MR) is 60.3 cm³/mol. The van der Waals surface area contributed by atoms with Crippen molar-refractivity contribution in [2.45, 2.75) is 6.92 Å². The predicted octanol–water partition coefficient (Wildman–Crippen LogP) is 1.72. The molecule has 16 heavy (non-hydrogen) atoms. The Balaban J connectivity index is 2.26. The molecule has 84 valence electrons. The molecule has 2 rings (SSSR count).